The number of ether oxygens (including phenoxy) is 1. The number of sulfonamides is 1. The number of halogens is 2. The molecular weight excluding hydrogens is 457 g/mol. The summed E-state index contributed by atoms with van der Waals surface area (Å²) in [5.41, 5.74) is 2.26. The number of para-hydroxylation sites is 1. The number of carbonyl (C=O) groups excluding carboxylic acids is 1. The highest BCUT2D eigenvalue weighted by molar-refractivity contribution is 7.92. The molecule has 8 heteroatoms. The molecule has 0 saturated carbocycles. The monoisotopic (exact) mass is 475 g/mol. The van der Waals surface area contributed by atoms with Crippen molar-refractivity contribution in [2.45, 2.75) is 30.9 Å². The van der Waals surface area contributed by atoms with Gasteiger partial charge in [0, 0.05) is 21.7 Å². The zero-order chi connectivity index (χ0) is 22.2. The smallest absolute Gasteiger partial charge is 0.338 e. The van der Waals surface area contributed by atoms with E-state index < -0.39 is 16.0 Å². The second kappa shape index (κ2) is 8.54. The van der Waals surface area contributed by atoms with Crippen molar-refractivity contribution < 1.29 is 17.9 Å². The van der Waals surface area contributed by atoms with Crippen molar-refractivity contribution in [3.8, 4) is 0 Å². The molecule has 5 nitrogen and oxygen atoms in total. The Bertz CT molecular complexity index is 1240. The first-order chi connectivity index (χ1) is 14.8. The number of benzene rings is 3. The minimum atomic E-state index is -3.85. The lowest BCUT2D eigenvalue weighted by Gasteiger charge is -2.24. The fourth-order valence-electron chi connectivity index (χ4n) is 3.69. The van der Waals surface area contributed by atoms with Crippen molar-refractivity contribution in [1.29, 1.82) is 0 Å². The van der Waals surface area contributed by atoms with Crippen LogP contribution in [0.4, 0.5) is 5.69 Å². The van der Waals surface area contributed by atoms with Crippen molar-refractivity contribution >= 4 is 44.9 Å². The summed E-state index contributed by atoms with van der Waals surface area (Å²) >= 11 is 12.2. The maximum Gasteiger partial charge on any atom is 0.338 e. The number of hydrogen-bond donors (Lipinski definition) is 0. The normalized spacial score (nSPS) is 15.6. The van der Waals surface area contributed by atoms with Crippen LogP contribution in [0.5, 0.6) is 0 Å². The highest BCUT2D eigenvalue weighted by atomic mass is 35.5. The van der Waals surface area contributed by atoms with Crippen LogP contribution in [0.2, 0.25) is 10.0 Å². The third-order valence-corrected chi connectivity index (χ3v) is 7.81. The van der Waals surface area contributed by atoms with Crippen molar-refractivity contribution in [2.24, 2.45) is 0 Å². The first-order valence-electron chi connectivity index (χ1n) is 9.61. The number of hydrogen-bond acceptors (Lipinski definition) is 4. The predicted octanol–water partition coefficient (Wildman–Crippen LogP) is 5.49. The van der Waals surface area contributed by atoms with Gasteiger partial charge >= 0.3 is 5.97 Å². The van der Waals surface area contributed by atoms with E-state index >= 15 is 0 Å². The minimum Gasteiger partial charge on any atom is -0.457 e. The van der Waals surface area contributed by atoms with Gasteiger partial charge in [0.15, 0.2) is 0 Å². The van der Waals surface area contributed by atoms with Gasteiger partial charge < -0.3 is 4.74 Å². The molecule has 3 aromatic carbocycles. The zero-order valence-electron chi connectivity index (χ0n) is 16.6. The molecule has 1 aliphatic heterocycles. The molecule has 0 radical (unpaired) electrons. The molecule has 0 spiro atoms. The Morgan fingerprint density at radius 1 is 1.03 bits per heavy atom. The molecule has 1 atom stereocenters. The summed E-state index contributed by atoms with van der Waals surface area (Å²) in [6, 6.07) is 18.0. The van der Waals surface area contributed by atoms with Crippen LogP contribution in [-0.2, 0) is 27.8 Å². The van der Waals surface area contributed by atoms with Crippen molar-refractivity contribution in [2.75, 3.05) is 4.31 Å². The Morgan fingerprint density at radius 3 is 2.45 bits per heavy atom. The molecule has 0 N–H and O–H groups in total. The van der Waals surface area contributed by atoms with Gasteiger partial charge in [0.1, 0.15) is 6.61 Å². The van der Waals surface area contributed by atoms with E-state index in [0.29, 0.717) is 27.7 Å². The topological polar surface area (TPSA) is 63.7 Å². The van der Waals surface area contributed by atoms with Crippen LogP contribution in [0.3, 0.4) is 0 Å². The van der Waals surface area contributed by atoms with Crippen LogP contribution in [-0.4, -0.2) is 20.4 Å². The molecule has 0 bridgehead atoms. The minimum absolute atomic E-state index is 0.0290. The van der Waals surface area contributed by atoms with Crippen molar-refractivity contribution in [1.82, 2.24) is 0 Å². The van der Waals surface area contributed by atoms with Crippen molar-refractivity contribution in [3.05, 3.63) is 93.5 Å². The van der Waals surface area contributed by atoms with Crippen LogP contribution >= 0.6 is 23.2 Å². The number of rotatable bonds is 5. The standard InChI is InChI=1S/C23H19Cl2NO4S/c1-15-12-16-6-2-3-11-22(16)26(15)31(28,29)18-8-4-7-17(13-18)23(27)30-14-19-20(24)9-5-10-21(19)25/h2-11,13,15H,12,14H2,1H3/t15-/m0/s1. The highest BCUT2D eigenvalue weighted by Gasteiger charge is 2.36. The molecule has 3 aromatic rings. The van der Waals surface area contributed by atoms with Gasteiger partial charge in [0.25, 0.3) is 10.0 Å². The molecule has 4 rings (SSSR count). The van der Waals surface area contributed by atoms with Crippen LogP contribution < -0.4 is 4.31 Å². The van der Waals surface area contributed by atoms with Crippen molar-refractivity contribution in [3.63, 3.8) is 0 Å². The average Bonchev–Trinajstić information content (AvgIpc) is 3.09. The molecule has 1 heterocycles. The number of nitrogens with zero attached hydrogens (tertiary/aromatic N) is 1. The second-order valence-electron chi connectivity index (χ2n) is 7.29. The van der Waals surface area contributed by atoms with Gasteiger partial charge in [-0.3, -0.25) is 4.31 Å². The number of anilines is 1. The van der Waals surface area contributed by atoms with Gasteiger partial charge in [-0.25, -0.2) is 13.2 Å². The quantitative estimate of drug-likeness (QED) is 0.457. The first kappa shape index (κ1) is 21.7. The van der Waals surface area contributed by atoms with Gasteiger partial charge in [0.05, 0.1) is 16.1 Å². The summed E-state index contributed by atoms with van der Waals surface area (Å²) in [6.07, 6.45) is 0.635. The maximum atomic E-state index is 13.4. The second-order valence-corrected chi connectivity index (χ2v) is 9.92. The van der Waals surface area contributed by atoms with E-state index in [4.69, 9.17) is 27.9 Å². The fraction of sp³-hybridized carbons (Fsp3) is 0.174. The Balaban J connectivity index is 1.59. The average molecular weight is 476 g/mol. The van der Waals surface area contributed by atoms with Crippen LogP contribution in [0, 0.1) is 0 Å². The molecule has 0 fully saturated rings. The highest BCUT2D eigenvalue weighted by Crippen LogP contribution is 2.36. The molecule has 31 heavy (non-hydrogen) atoms. The summed E-state index contributed by atoms with van der Waals surface area (Å²) in [6.45, 7) is 1.74. The number of esters is 1. The van der Waals surface area contributed by atoms with E-state index in [1.165, 1.54) is 28.6 Å². The third kappa shape index (κ3) is 4.15. The van der Waals surface area contributed by atoms with E-state index in [-0.39, 0.29) is 23.1 Å². The van der Waals surface area contributed by atoms with E-state index in [9.17, 15) is 13.2 Å². The summed E-state index contributed by atoms with van der Waals surface area (Å²) < 4.78 is 33.5. The lowest BCUT2D eigenvalue weighted by Crippen LogP contribution is -2.35. The molecule has 0 saturated heterocycles. The Kier molecular flexibility index (Phi) is 5.97. The molecule has 1 aliphatic rings. The van der Waals surface area contributed by atoms with Crippen LogP contribution in [0.25, 0.3) is 0 Å². The first-order valence-corrected chi connectivity index (χ1v) is 11.8. The fourth-order valence-corrected chi connectivity index (χ4v) is 5.94. The van der Waals surface area contributed by atoms with E-state index in [1.807, 2.05) is 25.1 Å². The lowest BCUT2D eigenvalue weighted by molar-refractivity contribution is 0.0472. The number of carbonyl (C=O) groups is 1. The van der Waals surface area contributed by atoms with E-state index in [1.54, 1.807) is 24.3 Å². The van der Waals surface area contributed by atoms with E-state index in [2.05, 4.69) is 0 Å². The summed E-state index contributed by atoms with van der Waals surface area (Å²) in [5.74, 6) is -0.664. The van der Waals surface area contributed by atoms with Gasteiger partial charge in [-0.15, -0.1) is 0 Å². The molecule has 0 amide bonds. The zero-order valence-corrected chi connectivity index (χ0v) is 18.9. The molecule has 0 unspecified atom stereocenters. The van der Waals surface area contributed by atoms with Gasteiger partial charge in [-0.2, -0.15) is 0 Å². The Labute approximate surface area is 191 Å². The van der Waals surface area contributed by atoms with Gasteiger partial charge in [-0.1, -0.05) is 53.5 Å². The lowest BCUT2D eigenvalue weighted by atomic mass is 10.1. The largest absolute Gasteiger partial charge is 0.457 e. The maximum absolute atomic E-state index is 13.4. The molecular formula is C23H19Cl2NO4S. The Hall–Kier alpha value is -2.54. The summed E-state index contributed by atoms with van der Waals surface area (Å²) in [7, 11) is -3.85. The van der Waals surface area contributed by atoms with Crippen LogP contribution in [0.15, 0.2) is 71.6 Å². The molecule has 0 aliphatic carbocycles. The Morgan fingerprint density at radius 2 is 1.71 bits per heavy atom. The van der Waals surface area contributed by atoms with E-state index in [0.717, 1.165) is 5.56 Å². The van der Waals surface area contributed by atoms with Gasteiger partial charge in [-0.05, 0) is 55.3 Å². The summed E-state index contributed by atoms with van der Waals surface area (Å²) in [5, 5.41) is 0.775. The van der Waals surface area contributed by atoms with Crippen LogP contribution in [0.1, 0.15) is 28.4 Å². The molecule has 160 valence electrons. The molecule has 0 aromatic heterocycles. The SMILES string of the molecule is C[C@H]1Cc2ccccc2N1S(=O)(=O)c1cccc(C(=O)OCc2c(Cl)cccc2Cl)c1. The third-order valence-electron chi connectivity index (χ3n) is 5.18. The van der Waals surface area contributed by atoms with Gasteiger partial charge in [0.2, 0.25) is 0 Å². The number of fused-ring (bicyclic) bond motifs is 1. The summed E-state index contributed by atoms with van der Waals surface area (Å²) in [4.78, 5) is 12.6. The predicted molar refractivity (Wildman–Crippen MR) is 121 cm³/mol.